The molecule has 0 spiro atoms. The standard InChI is InChI=1S/C22H25ClN2O3S/c1-16-7-10-19(11-8-16)25-29(27,28)21-15-18(9-12-20(21)23)22(26)24-14-13-17-5-3-2-4-6-17/h5,7-12,15,25H,2-4,6,13-14H2,1H3,(H,24,26). The molecule has 7 heteroatoms. The summed E-state index contributed by atoms with van der Waals surface area (Å²) in [4.78, 5) is 12.4. The Morgan fingerprint density at radius 2 is 1.86 bits per heavy atom. The first-order valence-electron chi connectivity index (χ1n) is 9.70. The maximum absolute atomic E-state index is 12.8. The van der Waals surface area contributed by atoms with Crippen molar-refractivity contribution in [3.8, 4) is 0 Å². The minimum absolute atomic E-state index is 0.0634. The molecule has 0 saturated carbocycles. The number of benzene rings is 2. The van der Waals surface area contributed by atoms with Crippen molar-refractivity contribution in [1.29, 1.82) is 0 Å². The Kier molecular flexibility index (Phi) is 6.98. The number of aryl methyl sites for hydroxylation is 1. The molecule has 0 atom stereocenters. The summed E-state index contributed by atoms with van der Waals surface area (Å²) in [6.45, 7) is 2.44. The average molecular weight is 433 g/mol. The zero-order valence-corrected chi connectivity index (χ0v) is 17.9. The molecule has 2 N–H and O–H groups in total. The van der Waals surface area contributed by atoms with Crippen molar-refractivity contribution in [2.24, 2.45) is 0 Å². The number of anilines is 1. The van der Waals surface area contributed by atoms with Gasteiger partial charge in [0.25, 0.3) is 15.9 Å². The van der Waals surface area contributed by atoms with Gasteiger partial charge in [-0.3, -0.25) is 9.52 Å². The minimum Gasteiger partial charge on any atom is -0.352 e. The van der Waals surface area contributed by atoms with Crippen molar-refractivity contribution in [2.75, 3.05) is 11.3 Å². The molecular formula is C22H25ClN2O3S. The molecule has 5 nitrogen and oxygen atoms in total. The van der Waals surface area contributed by atoms with Crippen LogP contribution in [0.15, 0.2) is 59.0 Å². The number of amides is 1. The van der Waals surface area contributed by atoms with Crippen molar-refractivity contribution in [2.45, 2.75) is 43.9 Å². The van der Waals surface area contributed by atoms with Gasteiger partial charge in [0.15, 0.2) is 0 Å². The molecule has 1 aliphatic carbocycles. The quantitative estimate of drug-likeness (QED) is 0.600. The van der Waals surface area contributed by atoms with E-state index in [2.05, 4.69) is 16.1 Å². The highest BCUT2D eigenvalue weighted by atomic mass is 35.5. The van der Waals surface area contributed by atoms with Gasteiger partial charge in [0.1, 0.15) is 4.90 Å². The van der Waals surface area contributed by atoms with Crippen LogP contribution in [-0.2, 0) is 10.0 Å². The highest BCUT2D eigenvalue weighted by molar-refractivity contribution is 7.92. The highest BCUT2D eigenvalue weighted by Gasteiger charge is 2.20. The Labute approximate surface area is 177 Å². The summed E-state index contributed by atoms with van der Waals surface area (Å²) in [6, 6.07) is 11.3. The van der Waals surface area contributed by atoms with E-state index >= 15 is 0 Å². The van der Waals surface area contributed by atoms with E-state index < -0.39 is 10.0 Å². The minimum atomic E-state index is -3.92. The lowest BCUT2D eigenvalue weighted by molar-refractivity contribution is 0.0954. The molecule has 2 aromatic rings. The van der Waals surface area contributed by atoms with Crippen LogP contribution in [0.2, 0.25) is 5.02 Å². The van der Waals surface area contributed by atoms with Crippen molar-refractivity contribution in [3.63, 3.8) is 0 Å². The lowest BCUT2D eigenvalue weighted by Gasteiger charge is -2.14. The Bertz CT molecular complexity index is 1010. The van der Waals surface area contributed by atoms with Crippen molar-refractivity contribution < 1.29 is 13.2 Å². The summed E-state index contributed by atoms with van der Waals surface area (Å²) < 4.78 is 28.0. The van der Waals surface area contributed by atoms with E-state index in [1.165, 1.54) is 36.6 Å². The Morgan fingerprint density at radius 3 is 2.55 bits per heavy atom. The van der Waals surface area contributed by atoms with Gasteiger partial charge < -0.3 is 5.32 Å². The highest BCUT2D eigenvalue weighted by Crippen LogP contribution is 2.25. The monoisotopic (exact) mass is 432 g/mol. The van der Waals surface area contributed by atoms with Crippen LogP contribution in [0.5, 0.6) is 0 Å². The first-order chi connectivity index (χ1) is 13.8. The number of carbonyl (C=O) groups is 1. The molecule has 0 unspecified atom stereocenters. The number of hydrogen-bond acceptors (Lipinski definition) is 3. The third-order valence-electron chi connectivity index (χ3n) is 4.90. The average Bonchev–Trinajstić information content (AvgIpc) is 2.70. The summed E-state index contributed by atoms with van der Waals surface area (Å²) in [5, 5.41) is 2.93. The van der Waals surface area contributed by atoms with Crippen LogP contribution in [-0.4, -0.2) is 20.9 Å². The van der Waals surface area contributed by atoms with E-state index in [1.807, 2.05) is 19.1 Å². The van der Waals surface area contributed by atoms with Gasteiger partial charge in [-0.15, -0.1) is 0 Å². The fourth-order valence-corrected chi connectivity index (χ4v) is 4.84. The van der Waals surface area contributed by atoms with E-state index in [9.17, 15) is 13.2 Å². The second kappa shape index (κ2) is 9.46. The second-order valence-corrected chi connectivity index (χ2v) is 9.29. The molecule has 154 valence electrons. The van der Waals surface area contributed by atoms with Gasteiger partial charge in [0.05, 0.1) is 5.02 Å². The van der Waals surface area contributed by atoms with E-state index in [0.717, 1.165) is 24.8 Å². The molecule has 3 rings (SSSR count). The summed E-state index contributed by atoms with van der Waals surface area (Å²) in [5.41, 5.74) is 3.09. The first kappa shape index (κ1) is 21.4. The van der Waals surface area contributed by atoms with Crippen LogP contribution < -0.4 is 10.0 Å². The Hall–Kier alpha value is -2.31. The Balaban J connectivity index is 1.70. The third-order valence-corrected chi connectivity index (χ3v) is 6.77. The molecule has 0 aliphatic heterocycles. The van der Waals surface area contributed by atoms with Gasteiger partial charge >= 0.3 is 0 Å². The third kappa shape index (κ3) is 5.84. The molecule has 2 aromatic carbocycles. The lowest BCUT2D eigenvalue weighted by atomic mass is 9.97. The maximum atomic E-state index is 12.8. The summed E-state index contributed by atoms with van der Waals surface area (Å²) in [5.74, 6) is -0.315. The molecule has 0 heterocycles. The van der Waals surface area contributed by atoms with Crippen molar-refractivity contribution in [1.82, 2.24) is 5.32 Å². The number of rotatable bonds is 7. The predicted octanol–water partition coefficient (Wildman–Crippen LogP) is 5.07. The van der Waals surface area contributed by atoms with Crippen LogP contribution in [0.1, 0.15) is 48.0 Å². The van der Waals surface area contributed by atoms with Crippen molar-refractivity contribution in [3.05, 3.63) is 70.3 Å². The lowest BCUT2D eigenvalue weighted by Crippen LogP contribution is -2.25. The fourth-order valence-electron chi connectivity index (χ4n) is 3.25. The number of hydrogen-bond donors (Lipinski definition) is 2. The molecule has 29 heavy (non-hydrogen) atoms. The van der Waals surface area contributed by atoms with Gasteiger partial charge in [-0.1, -0.05) is 40.9 Å². The van der Waals surface area contributed by atoms with Crippen LogP contribution in [0, 0.1) is 6.92 Å². The van der Waals surface area contributed by atoms with Gasteiger partial charge in [-0.05, 0) is 69.4 Å². The second-order valence-electron chi connectivity index (χ2n) is 7.23. The molecule has 0 radical (unpaired) electrons. The fraction of sp³-hybridized carbons (Fsp3) is 0.318. The van der Waals surface area contributed by atoms with E-state index in [1.54, 1.807) is 12.1 Å². The van der Waals surface area contributed by atoms with E-state index in [-0.39, 0.29) is 21.4 Å². The maximum Gasteiger partial charge on any atom is 0.263 e. The molecule has 0 fully saturated rings. The van der Waals surface area contributed by atoms with Crippen LogP contribution in [0.3, 0.4) is 0 Å². The number of carbonyl (C=O) groups excluding carboxylic acids is 1. The molecule has 1 aliphatic rings. The smallest absolute Gasteiger partial charge is 0.263 e. The summed E-state index contributed by atoms with van der Waals surface area (Å²) in [7, 11) is -3.92. The predicted molar refractivity (Wildman–Crippen MR) is 117 cm³/mol. The number of allylic oxidation sites excluding steroid dienone is 1. The van der Waals surface area contributed by atoms with Gasteiger partial charge in [-0.2, -0.15) is 0 Å². The molecule has 0 saturated heterocycles. The zero-order valence-electron chi connectivity index (χ0n) is 16.4. The van der Waals surface area contributed by atoms with Crippen molar-refractivity contribution >= 4 is 33.2 Å². The number of halogens is 1. The van der Waals surface area contributed by atoms with Crippen LogP contribution >= 0.6 is 11.6 Å². The molecule has 0 bridgehead atoms. The van der Waals surface area contributed by atoms with Gasteiger partial charge in [0.2, 0.25) is 0 Å². The molecular weight excluding hydrogens is 408 g/mol. The van der Waals surface area contributed by atoms with Gasteiger partial charge in [-0.25, -0.2) is 8.42 Å². The number of sulfonamides is 1. The first-order valence-corrected chi connectivity index (χ1v) is 11.6. The van der Waals surface area contributed by atoms with Crippen LogP contribution in [0.4, 0.5) is 5.69 Å². The SMILES string of the molecule is Cc1ccc(NS(=O)(=O)c2cc(C(=O)NCCC3=CCCCC3)ccc2Cl)cc1. The van der Waals surface area contributed by atoms with Gasteiger partial charge in [0, 0.05) is 17.8 Å². The topological polar surface area (TPSA) is 75.3 Å². The molecule has 0 aromatic heterocycles. The van der Waals surface area contributed by atoms with E-state index in [4.69, 9.17) is 11.6 Å². The number of nitrogens with one attached hydrogen (secondary N) is 2. The summed E-state index contributed by atoms with van der Waals surface area (Å²) >= 11 is 6.12. The summed E-state index contributed by atoms with van der Waals surface area (Å²) in [6.07, 6.45) is 7.69. The Morgan fingerprint density at radius 1 is 1.10 bits per heavy atom. The van der Waals surface area contributed by atoms with E-state index in [0.29, 0.717) is 12.2 Å². The normalized spacial score (nSPS) is 14.2. The largest absolute Gasteiger partial charge is 0.352 e. The zero-order chi connectivity index (χ0) is 20.9. The molecule has 1 amide bonds. The van der Waals surface area contributed by atoms with Crippen LogP contribution in [0.25, 0.3) is 0 Å².